The van der Waals surface area contributed by atoms with Gasteiger partial charge in [-0.1, -0.05) is 19.1 Å². The second kappa shape index (κ2) is 7.28. The van der Waals surface area contributed by atoms with Crippen LogP contribution in [0.5, 0.6) is 5.75 Å². The van der Waals surface area contributed by atoms with Crippen LogP contribution >= 0.6 is 0 Å². The van der Waals surface area contributed by atoms with Gasteiger partial charge in [-0.15, -0.1) is 0 Å². The van der Waals surface area contributed by atoms with Crippen LogP contribution in [0.3, 0.4) is 0 Å². The minimum atomic E-state index is -0.0322. The summed E-state index contributed by atoms with van der Waals surface area (Å²) >= 11 is 0. The van der Waals surface area contributed by atoms with E-state index in [1.165, 1.54) is 12.0 Å². The van der Waals surface area contributed by atoms with E-state index < -0.39 is 0 Å². The Labute approximate surface area is 129 Å². The van der Waals surface area contributed by atoms with Gasteiger partial charge in [0.15, 0.2) is 0 Å². The third-order valence-corrected chi connectivity index (χ3v) is 4.32. The van der Waals surface area contributed by atoms with Crippen molar-refractivity contribution in [2.75, 3.05) is 13.7 Å². The highest BCUT2D eigenvalue weighted by Crippen LogP contribution is 2.45. The topological polar surface area (TPSA) is 30.5 Å². The molecule has 0 heterocycles. The lowest BCUT2D eigenvalue weighted by atomic mass is 9.72. The summed E-state index contributed by atoms with van der Waals surface area (Å²) in [5.41, 5.74) is 1.26. The summed E-state index contributed by atoms with van der Waals surface area (Å²) in [7, 11) is 1.84. The van der Waals surface area contributed by atoms with Crippen LogP contribution in [0.15, 0.2) is 24.3 Å². The van der Waals surface area contributed by atoms with Gasteiger partial charge < -0.3 is 14.8 Å². The number of nitrogens with one attached hydrogen (secondary N) is 1. The van der Waals surface area contributed by atoms with Crippen molar-refractivity contribution >= 4 is 0 Å². The molecule has 21 heavy (non-hydrogen) atoms. The van der Waals surface area contributed by atoms with Gasteiger partial charge in [-0.2, -0.15) is 0 Å². The van der Waals surface area contributed by atoms with Crippen molar-refractivity contribution in [3.05, 3.63) is 29.8 Å². The maximum Gasteiger partial charge on any atom is 0.119 e. The Balaban J connectivity index is 2.16. The van der Waals surface area contributed by atoms with Gasteiger partial charge in [0.2, 0.25) is 0 Å². The van der Waals surface area contributed by atoms with E-state index in [1.54, 1.807) is 0 Å². The molecule has 0 aliphatic heterocycles. The summed E-state index contributed by atoms with van der Waals surface area (Å²) in [4.78, 5) is 0. The first-order chi connectivity index (χ1) is 10.1. The predicted octanol–water partition coefficient (Wildman–Crippen LogP) is 4.08. The Bertz CT molecular complexity index is 418. The molecule has 0 bridgehead atoms. The molecule has 3 nitrogen and oxygen atoms in total. The van der Waals surface area contributed by atoms with Gasteiger partial charge in [0.25, 0.3) is 0 Å². The van der Waals surface area contributed by atoms with Crippen LogP contribution in [0.4, 0.5) is 0 Å². The molecule has 1 aromatic rings. The molecule has 0 amide bonds. The number of rotatable bonds is 8. The van der Waals surface area contributed by atoms with Gasteiger partial charge in [0.1, 0.15) is 5.75 Å². The summed E-state index contributed by atoms with van der Waals surface area (Å²) in [6.07, 6.45) is 4.86. The minimum Gasteiger partial charge on any atom is -0.491 e. The first-order valence-corrected chi connectivity index (χ1v) is 8.16. The third-order valence-electron chi connectivity index (χ3n) is 4.32. The number of benzene rings is 1. The predicted molar refractivity (Wildman–Crippen MR) is 86.8 cm³/mol. The molecule has 0 spiro atoms. The molecule has 1 unspecified atom stereocenters. The van der Waals surface area contributed by atoms with Gasteiger partial charge >= 0.3 is 0 Å². The smallest absolute Gasteiger partial charge is 0.119 e. The van der Waals surface area contributed by atoms with E-state index in [4.69, 9.17) is 9.47 Å². The summed E-state index contributed by atoms with van der Waals surface area (Å²) in [5.74, 6) is 0.933. The minimum absolute atomic E-state index is 0.0322. The Kier molecular flexibility index (Phi) is 5.65. The summed E-state index contributed by atoms with van der Waals surface area (Å²) in [5, 5.41) is 3.67. The Morgan fingerprint density at radius 1 is 1.19 bits per heavy atom. The number of hydrogen-bond donors (Lipinski definition) is 1. The lowest BCUT2D eigenvalue weighted by Crippen LogP contribution is -2.50. The molecule has 118 valence electrons. The van der Waals surface area contributed by atoms with Crippen molar-refractivity contribution in [1.29, 1.82) is 0 Å². The lowest BCUT2D eigenvalue weighted by Gasteiger charge is -2.47. The summed E-state index contributed by atoms with van der Waals surface area (Å²) in [6, 6.07) is 8.74. The van der Waals surface area contributed by atoms with Crippen molar-refractivity contribution in [2.24, 2.45) is 0 Å². The largest absolute Gasteiger partial charge is 0.491 e. The molecule has 1 atom stereocenters. The maximum absolute atomic E-state index is 5.89. The van der Waals surface area contributed by atoms with Crippen LogP contribution in [0.1, 0.15) is 58.1 Å². The van der Waals surface area contributed by atoms with Gasteiger partial charge in [0.05, 0.1) is 17.7 Å². The highest BCUT2D eigenvalue weighted by molar-refractivity contribution is 5.31. The average molecular weight is 291 g/mol. The second-order valence-electron chi connectivity index (χ2n) is 6.25. The third kappa shape index (κ3) is 3.78. The van der Waals surface area contributed by atoms with Gasteiger partial charge in [0, 0.05) is 7.11 Å². The van der Waals surface area contributed by atoms with Crippen molar-refractivity contribution in [3.63, 3.8) is 0 Å². The molecule has 2 rings (SSSR count). The summed E-state index contributed by atoms with van der Waals surface area (Å²) < 4.78 is 11.6. The highest BCUT2D eigenvalue weighted by atomic mass is 16.5. The fourth-order valence-electron chi connectivity index (χ4n) is 3.04. The molecular weight excluding hydrogens is 262 g/mol. The van der Waals surface area contributed by atoms with Crippen LogP contribution in [0, 0.1) is 0 Å². The number of methoxy groups -OCH3 is 1. The van der Waals surface area contributed by atoms with Crippen LogP contribution in [-0.4, -0.2) is 25.4 Å². The Morgan fingerprint density at radius 3 is 2.29 bits per heavy atom. The fourth-order valence-corrected chi connectivity index (χ4v) is 3.04. The lowest BCUT2D eigenvalue weighted by molar-refractivity contribution is -0.0997. The van der Waals surface area contributed by atoms with E-state index in [9.17, 15) is 0 Å². The van der Waals surface area contributed by atoms with Crippen molar-refractivity contribution < 1.29 is 9.47 Å². The SMILES string of the molecule is CCCNC(c1ccc(OC(C)C)cc1)C1(OC)CCC1. The van der Waals surface area contributed by atoms with Crippen molar-refractivity contribution in [2.45, 2.75) is 64.2 Å². The highest BCUT2D eigenvalue weighted by Gasteiger charge is 2.44. The number of hydrogen-bond acceptors (Lipinski definition) is 3. The molecule has 1 fully saturated rings. The molecule has 1 N–H and O–H groups in total. The van der Waals surface area contributed by atoms with Crippen molar-refractivity contribution in [3.8, 4) is 5.75 Å². The van der Waals surface area contributed by atoms with Crippen LogP contribution in [0.2, 0.25) is 0 Å². The van der Waals surface area contributed by atoms with E-state index in [-0.39, 0.29) is 17.7 Å². The van der Waals surface area contributed by atoms with Crippen LogP contribution < -0.4 is 10.1 Å². The monoisotopic (exact) mass is 291 g/mol. The van der Waals surface area contributed by atoms with Gasteiger partial charge in [-0.3, -0.25) is 0 Å². The molecule has 0 radical (unpaired) electrons. The van der Waals surface area contributed by atoms with E-state index in [0.29, 0.717) is 0 Å². The molecule has 1 aliphatic carbocycles. The molecule has 3 heteroatoms. The number of ether oxygens (including phenoxy) is 2. The molecule has 1 saturated carbocycles. The zero-order valence-electron chi connectivity index (χ0n) is 13.8. The summed E-state index contributed by atoms with van der Waals surface area (Å²) in [6.45, 7) is 7.31. The molecule has 1 aliphatic rings. The second-order valence-corrected chi connectivity index (χ2v) is 6.25. The Morgan fingerprint density at radius 2 is 1.86 bits per heavy atom. The molecule has 0 saturated heterocycles. The maximum atomic E-state index is 5.89. The fraction of sp³-hybridized carbons (Fsp3) is 0.667. The molecule has 0 aromatic heterocycles. The average Bonchev–Trinajstić information content (AvgIpc) is 2.42. The quantitative estimate of drug-likeness (QED) is 0.782. The van der Waals surface area contributed by atoms with E-state index in [1.807, 2.05) is 21.0 Å². The normalized spacial score (nSPS) is 18.3. The first-order valence-electron chi connectivity index (χ1n) is 8.16. The first kappa shape index (κ1) is 16.3. The zero-order valence-corrected chi connectivity index (χ0v) is 13.8. The molecular formula is C18H29NO2. The van der Waals surface area contributed by atoms with E-state index in [2.05, 4.69) is 36.5 Å². The van der Waals surface area contributed by atoms with Crippen molar-refractivity contribution in [1.82, 2.24) is 5.32 Å². The molecule has 1 aromatic carbocycles. The van der Waals surface area contributed by atoms with Crippen LogP contribution in [-0.2, 0) is 4.74 Å². The Hall–Kier alpha value is -1.06. The van der Waals surface area contributed by atoms with E-state index in [0.717, 1.165) is 31.6 Å². The standard InChI is InChI=1S/C18H29NO2/c1-5-13-19-17(18(20-4)11-6-12-18)15-7-9-16(10-8-15)21-14(2)3/h7-10,14,17,19H,5-6,11-13H2,1-4H3. The van der Waals surface area contributed by atoms with E-state index >= 15 is 0 Å². The van der Waals surface area contributed by atoms with Gasteiger partial charge in [-0.25, -0.2) is 0 Å². The van der Waals surface area contributed by atoms with Crippen LogP contribution in [0.25, 0.3) is 0 Å². The zero-order chi connectivity index (χ0) is 15.3. The van der Waals surface area contributed by atoms with Gasteiger partial charge in [-0.05, 0) is 63.8 Å².